The van der Waals surface area contributed by atoms with Crippen LogP contribution in [0.15, 0.2) is 53.5 Å². The highest BCUT2D eigenvalue weighted by Gasteiger charge is 2.12. The van der Waals surface area contributed by atoms with E-state index in [4.69, 9.17) is 4.42 Å². The summed E-state index contributed by atoms with van der Waals surface area (Å²) in [5, 5.41) is 3.26. The van der Waals surface area contributed by atoms with Gasteiger partial charge in [-0.2, -0.15) is 0 Å². The first-order valence-corrected chi connectivity index (χ1v) is 7.97. The maximum Gasteiger partial charge on any atom is 0.277 e. The second-order valence-corrected chi connectivity index (χ2v) is 6.19. The lowest BCUT2D eigenvalue weighted by molar-refractivity contribution is 0.102. The molecule has 2 aromatic carbocycles. The maximum atomic E-state index is 13.4. The van der Waals surface area contributed by atoms with Crippen molar-refractivity contribution in [2.24, 2.45) is 0 Å². The standard InChI is InChI=1S/C17H9F2N3O2S/c18-11-3-1-9(5-12(11)19)17-22-13-6-10(2-4-15(13)25-17)21-16(23)14-7-24-8-20-14/h1-8H,(H,21,23). The zero-order valence-electron chi connectivity index (χ0n) is 12.5. The monoisotopic (exact) mass is 357 g/mol. The highest BCUT2D eigenvalue weighted by molar-refractivity contribution is 7.21. The molecule has 8 heteroatoms. The fourth-order valence-corrected chi connectivity index (χ4v) is 3.22. The molecule has 2 heterocycles. The Balaban J connectivity index is 1.65. The maximum absolute atomic E-state index is 13.4. The lowest BCUT2D eigenvalue weighted by Crippen LogP contribution is -2.11. The molecule has 0 radical (unpaired) electrons. The SMILES string of the molecule is O=C(Nc1ccc2sc(-c3ccc(F)c(F)c3)nc2c1)c1cocn1. The number of anilines is 1. The predicted octanol–water partition coefficient (Wildman–Crippen LogP) is 4.48. The summed E-state index contributed by atoms with van der Waals surface area (Å²) >= 11 is 1.35. The largest absolute Gasteiger partial charge is 0.451 e. The van der Waals surface area contributed by atoms with Crippen LogP contribution in [0.25, 0.3) is 20.8 Å². The molecular weight excluding hydrogens is 348 g/mol. The summed E-state index contributed by atoms with van der Waals surface area (Å²) in [6.07, 6.45) is 2.42. The lowest BCUT2D eigenvalue weighted by Gasteiger charge is -2.02. The molecule has 0 aliphatic carbocycles. The first-order valence-electron chi connectivity index (χ1n) is 7.16. The molecule has 5 nitrogen and oxygen atoms in total. The zero-order chi connectivity index (χ0) is 17.4. The second kappa shape index (κ2) is 6.06. The molecule has 0 spiro atoms. The van der Waals surface area contributed by atoms with Gasteiger partial charge in [-0.05, 0) is 36.4 Å². The average Bonchev–Trinajstić information content (AvgIpc) is 3.26. The van der Waals surface area contributed by atoms with Crippen molar-refractivity contribution in [3.05, 3.63) is 66.4 Å². The molecule has 4 aromatic rings. The molecule has 0 saturated heterocycles. The van der Waals surface area contributed by atoms with Crippen LogP contribution in [0.4, 0.5) is 14.5 Å². The molecule has 124 valence electrons. The minimum atomic E-state index is -0.919. The van der Waals surface area contributed by atoms with Crippen LogP contribution >= 0.6 is 11.3 Å². The number of carbonyl (C=O) groups excluding carboxylic acids is 1. The van der Waals surface area contributed by atoms with Gasteiger partial charge in [0, 0.05) is 11.3 Å². The van der Waals surface area contributed by atoms with Gasteiger partial charge in [0.1, 0.15) is 11.3 Å². The molecule has 0 saturated carbocycles. The van der Waals surface area contributed by atoms with E-state index in [0.29, 0.717) is 21.8 Å². The van der Waals surface area contributed by atoms with Crippen LogP contribution in [0.5, 0.6) is 0 Å². The summed E-state index contributed by atoms with van der Waals surface area (Å²) in [7, 11) is 0. The van der Waals surface area contributed by atoms with Crippen LogP contribution in [-0.2, 0) is 0 Å². The number of benzene rings is 2. The number of hydrogen-bond donors (Lipinski definition) is 1. The van der Waals surface area contributed by atoms with Gasteiger partial charge in [-0.1, -0.05) is 0 Å². The molecule has 0 atom stereocenters. The van der Waals surface area contributed by atoms with Crippen molar-refractivity contribution in [1.29, 1.82) is 0 Å². The van der Waals surface area contributed by atoms with Gasteiger partial charge in [0.15, 0.2) is 23.7 Å². The van der Waals surface area contributed by atoms with E-state index >= 15 is 0 Å². The van der Waals surface area contributed by atoms with Crippen molar-refractivity contribution in [3.8, 4) is 10.6 Å². The van der Waals surface area contributed by atoms with Gasteiger partial charge in [-0.3, -0.25) is 4.79 Å². The quantitative estimate of drug-likeness (QED) is 0.587. The summed E-state index contributed by atoms with van der Waals surface area (Å²) < 4.78 is 32.1. The number of fused-ring (bicyclic) bond motifs is 1. The van der Waals surface area contributed by atoms with Crippen molar-refractivity contribution in [2.75, 3.05) is 5.32 Å². The molecule has 0 unspecified atom stereocenters. The molecule has 2 aromatic heterocycles. The van der Waals surface area contributed by atoms with Crippen molar-refractivity contribution < 1.29 is 18.0 Å². The summed E-state index contributed by atoms with van der Waals surface area (Å²) in [4.78, 5) is 20.2. The van der Waals surface area contributed by atoms with Crippen LogP contribution in [0.2, 0.25) is 0 Å². The topological polar surface area (TPSA) is 68.0 Å². The van der Waals surface area contributed by atoms with Gasteiger partial charge in [0.05, 0.1) is 10.2 Å². The van der Waals surface area contributed by atoms with E-state index in [1.807, 2.05) is 0 Å². The molecule has 0 aliphatic rings. The Morgan fingerprint density at radius 1 is 1.12 bits per heavy atom. The molecule has 4 rings (SSSR count). The number of carbonyl (C=O) groups is 1. The van der Waals surface area contributed by atoms with Crippen LogP contribution in [0.1, 0.15) is 10.5 Å². The van der Waals surface area contributed by atoms with Crippen molar-refractivity contribution in [3.63, 3.8) is 0 Å². The minimum Gasteiger partial charge on any atom is -0.451 e. The van der Waals surface area contributed by atoms with Crippen LogP contribution in [0.3, 0.4) is 0 Å². The van der Waals surface area contributed by atoms with E-state index in [2.05, 4.69) is 15.3 Å². The minimum absolute atomic E-state index is 0.167. The molecule has 1 amide bonds. The van der Waals surface area contributed by atoms with Gasteiger partial charge in [0.2, 0.25) is 0 Å². The van der Waals surface area contributed by atoms with E-state index in [0.717, 1.165) is 16.8 Å². The third-order valence-electron chi connectivity index (χ3n) is 3.48. The number of hydrogen-bond acceptors (Lipinski definition) is 5. The van der Waals surface area contributed by atoms with Crippen molar-refractivity contribution in [2.45, 2.75) is 0 Å². The molecule has 1 N–H and O–H groups in total. The van der Waals surface area contributed by atoms with E-state index < -0.39 is 17.5 Å². The Kier molecular flexibility index (Phi) is 3.73. The molecule has 0 fully saturated rings. The van der Waals surface area contributed by atoms with Crippen molar-refractivity contribution in [1.82, 2.24) is 9.97 Å². The number of oxazole rings is 1. The van der Waals surface area contributed by atoms with E-state index in [1.54, 1.807) is 18.2 Å². The summed E-state index contributed by atoms with van der Waals surface area (Å²) in [5.74, 6) is -2.22. The Hall–Kier alpha value is -3.13. The predicted molar refractivity (Wildman–Crippen MR) is 89.4 cm³/mol. The third-order valence-corrected chi connectivity index (χ3v) is 4.56. The number of nitrogens with zero attached hydrogens (tertiary/aromatic N) is 2. The van der Waals surface area contributed by atoms with Crippen LogP contribution in [0, 0.1) is 11.6 Å². The van der Waals surface area contributed by atoms with E-state index in [9.17, 15) is 13.6 Å². The first kappa shape index (κ1) is 15.4. The smallest absolute Gasteiger partial charge is 0.277 e. The first-order chi connectivity index (χ1) is 12.1. The average molecular weight is 357 g/mol. The van der Waals surface area contributed by atoms with Gasteiger partial charge in [-0.25, -0.2) is 18.7 Å². The molecule has 0 bridgehead atoms. The number of rotatable bonds is 3. The fourth-order valence-electron chi connectivity index (χ4n) is 2.28. The third kappa shape index (κ3) is 2.99. The van der Waals surface area contributed by atoms with E-state index in [1.165, 1.54) is 30.1 Å². The second-order valence-electron chi connectivity index (χ2n) is 5.16. The highest BCUT2D eigenvalue weighted by atomic mass is 32.1. The molecule has 25 heavy (non-hydrogen) atoms. The van der Waals surface area contributed by atoms with Crippen LogP contribution in [-0.4, -0.2) is 15.9 Å². The number of amides is 1. The number of nitrogens with one attached hydrogen (secondary N) is 1. The highest BCUT2D eigenvalue weighted by Crippen LogP contribution is 2.32. The number of thiazole rings is 1. The Bertz CT molecular complexity index is 1080. The zero-order valence-corrected chi connectivity index (χ0v) is 13.3. The van der Waals surface area contributed by atoms with Gasteiger partial charge < -0.3 is 9.73 Å². The van der Waals surface area contributed by atoms with Gasteiger partial charge in [-0.15, -0.1) is 11.3 Å². The van der Waals surface area contributed by atoms with Gasteiger partial charge >= 0.3 is 0 Å². The Morgan fingerprint density at radius 3 is 2.76 bits per heavy atom. The number of halogens is 2. The lowest BCUT2D eigenvalue weighted by atomic mass is 10.2. The Labute approximate surface area is 144 Å². The molecule has 0 aliphatic heterocycles. The number of aromatic nitrogens is 2. The Morgan fingerprint density at radius 2 is 2.00 bits per heavy atom. The summed E-state index contributed by atoms with van der Waals surface area (Å²) in [6.45, 7) is 0. The van der Waals surface area contributed by atoms with Crippen molar-refractivity contribution >= 4 is 33.1 Å². The summed E-state index contributed by atoms with van der Waals surface area (Å²) in [6, 6.07) is 8.89. The summed E-state index contributed by atoms with van der Waals surface area (Å²) in [5.41, 5.74) is 1.85. The fraction of sp³-hybridized carbons (Fsp3) is 0. The van der Waals surface area contributed by atoms with Crippen LogP contribution < -0.4 is 5.32 Å². The molecular formula is C17H9F2N3O2S. The van der Waals surface area contributed by atoms with E-state index in [-0.39, 0.29) is 5.69 Å². The van der Waals surface area contributed by atoms with Gasteiger partial charge in [0.25, 0.3) is 5.91 Å². The normalized spacial score (nSPS) is 11.0.